The molecule has 1 heterocycles. The van der Waals surface area contributed by atoms with Gasteiger partial charge in [-0.3, -0.25) is 9.59 Å². The molecule has 1 aliphatic heterocycles. The van der Waals surface area contributed by atoms with Crippen LogP contribution in [0.3, 0.4) is 0 Å². The Bertz CT molecular complexity index is 331. The molecule has 1 rings (SSSR count). The second kappa shape index (κ2) is 7.94. The van der Waals surface area contributed by atoms with Crippen LogP contribution in [-0.2, 0) is 14.3 Å². The topological polar surface area (TPSA) is 58.6 Å². The molecule has 5 nitrogen and oxygen atoms in total. The first-order chi connectivity index (χ1) is 9.15. The molecule has 2 unspecified atom stereocenters. The fourth-order valence-corrected chi connectivity index (χ4v) is 2.21. The van der Waals surface area contributed by atoms with Crippen molar-refractivity contribution in [3.8, 4) is 0 Å². The minimum Gasteiger partial charge on any atom is -0.379 e. The summed E-state index contributed by atoms with van der Waals surface area (Å²) < 4.78 is 5.43. The van der Waals surface area contributed by atoms with Gasteiger partial charge in [0.25, 0.3) is 0 Å². The second-order valence-corrected chi connectivity index (χ2v) is 4.61. The van der Waals surface area contributed by atoms with E-state index in [9.17, 15) is 9.59 Å². The van der Waals surface area contributed by atoms with Crippen molar-refractivity contribution in [2.24, 2.45) is 0 Å². The van der Waals surface area contributed by atoms with Gasteiger partial charge in [-0.1, -0.05) is 19.9 Å². The number of hydrogen-bond donors (Lipinski definition) is 1. The molecule has 1 aliphatic rings. The highest BCUT2D eigenvalue weighted by Crippen LogP contribution is 2.14. The van der Waals surface area contributed by atoms with Crippen molar-refractivity contribution in [3.05, 3.63) is 12.7 Å². The average Bonchev–Trinajstić information content (AvgIpc) is 2.41. The molecule has 1 N–H and O–H groups in total. The summed E-state index contributed by atoms with van der Waals surface area (Å²) in [6.07, 6.45) is 3.83. The summed E-state index contributed by atoms with van der Waals surface area (Å²) in [5.74, 6) is -0.0543. The maximum absolute atomic E-state index is 12.2. The third-order valence-electron chi connectivity index (χ3n) is 3.31. The molecule has 1 saturated heterocycles. The number of ether oxygens (including phenoxy) is 1. The number of carbonyl (C=O) groups is 2. The highest BCUT2D eigenvalue weighted by molar-refractivity contribution is 5.96. The molecule has 2 atom stereocenters. The Labute approximate surface area is 115 Å². The van der Waals surface area contributed by atoms with Gasteiger partial charge in [-0.05, 0) is 19.3 Å². The van der Waals surface area contributed by atoms with E-state index in [-0.39, 0.29) is 23.9 Å². The zero-order valence-corrected chi connectivity index (χ0v) is 11.9. The zero-order valence-electron chi connectivity index (χ0n) is 11.9. The summed E-state index contributed by atoms with van der Waals surface area (Å²) in [7, 11) is 0. The molecule has 2 amide bonds. The largest absolute Gasteiger partial charge is 0.379 e. The first-order valence-electron chi connectivity index (χ1n) is 6.95. The van der Waals surface area contributed by atoms with Gasteiger partial charge in [0.05, 0.1) is 13.2 Å². The Morgan fingerprint density at radius 3 is 2.63 bits per heavy atom. The van der Waals surface area contributed by atoms with Crippen LogP contribution in [0.15, 0.2) is 12.7 Å². The number of carbonyl (C=O) groups excluding carboxylic acids is 2. The van der Waals surface area contributed by atoms with Crippen molar-refractivity contribution in [2.45, 2.75) is 45.2 Å². The van der Waals surface area contributed by atoms with Gasteiger partial charge in [0, 0.05) is 6.54 Å². The third kappa shape index (κ3) is 4.06. The van der Waals surface area contributed by atoms with Crippen LogP contribution < -0.4 is 5.32 Å². The summed E-state index contributed by atoms with van der Waals surface area (Å²) in [6, 6.07) is -0.748. The standard InChI is InChI=1S/C14H24N2O3/c1-4-7-9-19-10-8-16-12(6-3)13(17)15-11(5-2)14(16)18/h4,11-12H,1,5-10H2,2-3H3,(H,15,17). The van der Waals surface area contributed by atoms with E-state index < -0.39 is 0 Å². The smallest absolute Gasteiger partial charge is 0.245 e. The van der Waals surface area contributed by atoms with Crippen LogP contribution in [0.5, 0.6) is 0 Å². The number of hydrogen-bond acceptors (Lipinski definition) is 3. The van der Waals surface area contributed by atoms with Crippen molar-refractivity contribution < 1.29 is 14.3 Å². The van der Waals surface area contributed by atoms with E-state index in [4.69, 9.17) is 4.74 Å². The van der Waals surface area contributed by atoms with Gasteiger partial charge in [0.1, 0.15) is 12.1 Å². The molecule has 108 valence electrons. The molecule has 0 aromatic carbocycles. The van der Waals surface area contributed by atoms with Gasteiger partial charge < -0.3 is 15.0 Å². The van der Waals surface area contributed by atoms with E-state index in [1.54, 1.807) is 11.0 Å². The van der Waals surface area contributed by atoms with Crippen LogP contribution in [0.4, 0.5) is 0 Å². The SMILES string of the molecule is C=CCCOCCN1C(=O)C(CC)NC(=O)C1CC. The van der Waals surface area contributed by atoms with Gasteiger partial charge in [0.15, 0.2) is 0 Å². The zero-order chi connectivity index (χ0) is 14.3. The quantitative estimate of drug-likeness (QED) is 0.529. The summed E-state index contributed by atoms with van der Waals surface area (Å²) in [4.78, 5) is 25.8. The van der Waals surface area contributed by atoms with Crippen LogP contribution in [0.25, 0.3) is 0 Å². The lowest BCUT2D eigenvalue weighted by molar-refractivity contribution is -0.150. The molecular formula is C14H24N2O3. The molecule has 5 heteroatoms. The van der Waals surface area contributed by atoms with E-state index in [2.05, 4.69) is 11.9 Å². The molecule has 0 bridgehead atoms. The number of rotatable bonds is 8. The van der Waals surface area contributed by atoms with Crippen molar-refractivity contribution in [3.63, 3.8) is 0 Å². The van der Waals surface area contributed by atoms with E-state index in [0.29, 0.717) is 32.6 Å². The molecule has 0 aliphatic carbocycles. The first kappa shape index (κ1) is 15.7. The minimum absolute atomic E-state index is 0.00118. The minimum atomic E-state index is -0.386. The van der Waals surface area contributed by atoms with Gasteiger partial charge >= 0.3 is 0 Å². The van der Waals surface area contributed by atoms with Crippen LogP contribution in [0.1, 0.15) is 33.1 Å². The monoisotopic (exact) mass is 268 g/mol. The predicted molar refractivity (Wildman–Crippen MR) is 73.6 cm³/mol. The van der Waals surface area contributed by atoms with Crippen molar-refractivity contribution in [1.29, 1.82) is 0 Å². The number of nitrogens with one attached hydrogen (secondary N) is 1. The van der Waals surface area contributed by atoms with Crippen molar-refractivity contribution in [2.75, 3.05) is 19.8 Å². The average molecular weight is 268 g/mol. The van der Waals surface area contributed by atoms with Crippen molar-refractivity contribution in [1.82, 2.24) is 10.2 Å². The Kier molecular flexibility index (Phi) is 6.56. The number of nitrogens with zero attached hydrogens (tertiary/aromatic N) is 1. The van der Waals surface area contributed by atoms with Crippen LogP contribution in [0, 0.1) is 0 Å². The fraction of sp³-hybridized carbons (Fsp3) is 0.714. The number of amides is 2. The summed E-state index contributed by atoms with van der Waals surface area (Å²) in [5.41, 5.74) is 0. The maximum atomic E-state index is 12.2. The molecule has 0 aromatic rings. The summed E-state index contributed by atoms with van der Waals surface area (Å²) in [5, 5.41) is 2.77. The summed E-state index contributed by atoms with van der Waals surface area (Å²) in [6.45, 7) is 8.96. The molecule has 0 spiro atoms. The van der Waals surface area contributed by atoms with Crippen molar-refractivity contribution >= 4 is 11.8 Å². The summed E-state index contributed by atoms with van der Waals surface area (Å²) >= 11 is 0. The van der Waals surface area contributed by atoms with Crippen LogP contribution in [0.2, 0.25) is 0 Å². The first-order valence-corrected chi connectivity index (χ1v) is 6.95. The Balaban J connectivity index is 2.55. The van der Waals surface area contributed by atoms with Crippen LogP contribution >= 0.6 is 0 Å². The highest BCUT2D eigenvalue weighted by Gasteiger charge is 2.38. The molecular weight excluding hydrogens is 244 g/mol. The molecule has 0 aromatic heterocycles. The molecule has 0 saturated carbocycles. The van der Waals surface area contributed by atoms with E-state index >= 15 is 0 Å². The number of piperazine rings is 1. The third-order valence-corrected chi connectivity index (χ3v) is 3.31. The van der Waals surface area contributed by atoms with Crippen LogP contribution in [-0.4, -0.2) is 48.6 Å². The predicted octanol–water partition coefficient (Wildman–Crippen LogP) is 1.09. The highest BCUT2D eigenvalue weighted by atomic mass is 16.5. The van der Waals surface area contributed by atoms with E-state index in [1.165, 1.54) is 0 Å². The van der Waals surface area contributed by atoms with E-state index in [0.717, 1.165) is 6.42 Å². The van der Waals surface area contributed by atoms with Gasteiger partial charge in [-0.25, -0.2) is 0 Å². The van der Waals surface area contributed by atoms with Gasteiger partial charge in [0.2, 0.25) is 11.8 Å². The Morgan fingerprint density at radius 2 is 2.05 bits per heavy atom. The Hall–Kier alpha value is -1.36. The van der Waals surface area contributed by atoms with Gasteiger partial charge in [-0.2, -0.15) is 0 Å². The molecule has 19 heavy (non-hydrogen) atoms. The van der Waals surface area contributed by atoms with Gasteiger partial charge in [-0.15, -0.1) is 6.58 Å². The normalized spacial score (nSPS) is 23.4. The van der Waals surface area contributed by atoms with E-state index in [1.807, 2.05) is 13.8 Å². The molecule has 1 fully saturated rings. The molecule has 0 radical (unpaired) electrons. The lowest BCUT2D eigenvalue weighted by Crippen LogP contribution is -2.63. The second-order valence-electron chi connectivity index (χ2n) is 4.61. The lowest BCUT2D eigenvalue weighted by atomic mass is 10.0. The Morgan fingerprint density at radius 1 is 1.32 bits per heavy atom. The lowest BCUT2D eigenvalue weighted by Gasteiger charge is -2.38. The maximum Gasteiger partial charge on any atom is 0.245 e. The fourth-order valence-electron chi connectivity index (χ4n) is 2.21.